The van der Waals surface area contributed by atoms with E-state index in [9.17, 15) is 5.11 Å². The van der Waals surface area contributed by atoms with Crippen LogP contribution in [0.3, 0.4) is 0 Å². The first-order chi connectivity index (χ1) is 7.75. The number of rotatable bonds is 4. The first-order valence-corrected chi connectivity index (χ1v) is 7.44. The highest BCUT2D eigenvalue weighted by Gasteiger charge is 2.19. The summed E-state index contributed by atoms with van der Waals surface area (Å²) in [4.78, 5) is 1.23. The second-order valence-corrected chi connectivity index (χ2v) is 6.13. The van der Waals surface area contributed by atoms with Crippen molar-refractivity contribution in [3.63, 3.8) is 0 Å². The molecule has 90 valence electrons. The molecule has 1 aliphatic rings. The van der Waals surface area contributed by atoms with Crippen molar-refractivity contribution in [1.29, 1.82) is 0 Å². The van der Waals surface area contributed by atoms with E-state index in [-0.39, 0.29) is 12.2 Å². The fourth-order valence-electron chi connectivity index (χ4n) is 2.06. The minimum absolute atomic E-state index is 0.266. The van der Waals surface area contributed by atoms with E-state index in [1.165, 1.54) is 17.7 Å². The lowest BCUT2D eigenvalue weighted by atomic mass is 10.0. The van der Waals surface area contributed by atoms with Crippen molar-refractivity contribution in [2.24, 2.45) is 0 Å². The van der Waals surface area contributed by atoms with E-state index in [2.05, 4.69) is 15.9 Å². The smallest absolute Gasteiger partial charge is 0.0613 e. The summed E-state index contributed by atoms with van der Waals surface area (Å²) in [5, 5.41) is 12.0. The van der Waals surface area contributed by atoms with Crippen LogP contribution in [0, 0.1) is 0 Å². The number of aliphatic hydroxyl groups is 1. The molecule has 1 aromatic heterocycles. The Bertz CT molecular complexity index is 321. The molecule has 0 bridgehead atoms. The molecule has 0 saturated carbocycles. The molecule has 0 spiro atoms. The summed E-state index contributed by atoms with van der Waals surface area (Å²) in [5.74, 6) is 0. The number of aliphatic hydroxyl groups excluding tert-OH is 1. The summed E-state index contributed by atoms with van der Waals surface area (Å²) in [7, 11) is 0. The molecular weight excluding hydrogens is 288 g/mol. The van der Waals surface area contributed by atoms with Crippen LogP contribution >= 0.6 is 27.3 Å². The number of hydrogen-bond donors (Lipinski definition) is 1. The van der Waals surface area contributed by atoms with Gasteiger partial charge in [-0.3, -0.25) is 0 Å². The van der Waals surface area contributed by atoms with Crippen molar-refractivity contribution in [2.45, 2.75) is 44.3 Å². The Morgan fingerprint density at radius 1 is 1.56 bits per heavy atom. The lowest BCUT2D eigenvalue weighted by Crippen LogP contribution is -2.25. The zero-order chi connectivity index (χ0) is 11.4. The van der Waals surface area contributed by atoms with Crippen molar-refractivity contribution in [1.82, 2.24) is 0 Å². The summed E-state index contributed by atoms with van der Waals surface area (Å²) in [6, 6.07) is 2.03. The zero-order valence-corrected chi connectivity index (χ0v) is 11.6. The Morgan fingerprint density at radius 3 is 3.06 bits per heavy atom. The first-order valence-electron chi connectivity index (χ1n) is 5.77. The van der Waals surface area contributed by atoms with Gasteiger partial charge in [0.2, 0.25) is 0 Å². The van der Waals surface area contributed by atoms with E-state index in [1.54, 1.807) is 11.3 Å². The van der Waals surface area contributed by atoms with Crippen molar-refractivity contribution >= 4 is 27.3 Å². The molecule has 0 radical (unpaired) electrons. The Kier molecular flexibility index (Phi) is 4.82. The predicted molar refractivity (Wildman–Crippen MR) is 69.9 cm³/mol. The van der Waals surface area contributed by atoms with Gasteiger partial charge in [0.15, 0.2) is 0 Å². The van der Waals surface area contributed by atoms with Crippen LogP contribution in [-0.2, 0) is 11.2 Å². The third-order valence-electron chi connectivity index (χ3n) is 2.92. The maximum absolute atomic E-state index is 10.0. The van der Waals surface area contributed by atoms with Gasteiger partial charge in [-0.2, -0.15) is 0 Å². The average molecular weight is 305 g/mol. The summed E-state index contributed by atoms with van der Waals surface area (Å²) in [6.45, 7) is 0.861. The Balaban J connectivity index is 1.79. The van der Waals surface area contributed by atoms with Gasteiger partial charge in [0, 0.05) is 22.4 Å². The van der Waals surface area contributed by atoms with Crippen LogP contribution in [0.1, 0.15) is 30.6 Å². The van der Waals surface area contributed by atoms with Gasteiger partial charge >= 0.3 is 0 Å². The fourth-order valence-corrected chi connectivity index (χ4v) is 3.65. The molecule has 2 unspecified atom stereocenters. The summed E-state index contributed by atoms with van der Waals surface area (Å²) < 4.78 is 6.74. The monoisotopic (exact) mass is 304 g/mol. The normalized spacial score (nSPS) is 23.2. The largest absolute Gasteiger partial charge is 0.393 e. The van der Waals surface area contributed by atoms with Crippen LogP contribution in [0.5, 0.6) is 0 Å². The number of halogens is 1. The van der Waals surface area contributed by atoms with Gasteiger partial charge in [-0.1, -0.05) is 0 Å². The summed E-state index contributed by atoms with van der Waals surface area (Å²) >= 11 is 5.18. The van der Waals surface area contributed by atoms with Gasteiger partial charge in [-0.25, -0.2) is 0 Å². The van der Waals surface area contributed by atoms with Crippen LogP contribution in [-0.4, -0.2) is 23.9 Å². The Hall–Kier alpha value is 0.1000. The molecular formula is C12H17BrO2S. The fraction of sp³-hybridized carbons (Fsp3) is 0.667. The predicted octanol–water partition coefficient (Wildman–Crippen LogP) is 3.37. The SMILES string of the molecule is OC(Cc1sccc1Br)CC1CCCCO1. The van der Waals surface area contributed by atoms with Gasteiger partial charge in [0.05, 0.1) is 12.2 Å². The molecule has 1 fully saturated rings. The molecule has 4 heteroatoms. The van der Waals surface area contributed by atoms with Crippen LogP contribution in [0.25, 0.3) is 0 Å². The van der Waals surface area contributed by atoms with Crippen LogP contribution in [0.2, 0.25) is 0 Å². The van der Waals surface area contributed by atoms with Crippen molar-refractivity contribution in [3.8, 4) is 0 Å². The minimum Gasteiger partial charge on any atom is -0.393 e. The van der Waals surface area contributed by atoms with Crippen molar-refractivity contribution < 1.29 is 9.84 Å². The molecule has 0 aliphatic carbocycles. The third kappa shape index (κ3) is 3.55. The molecule has 16 heavy (non-hydrogen) atoms. The minimum atomic E-state index is -0.280. The van der Waals surface area contributed by atoms with E-state index in [1.807, 2.05) is 11.4 Å². The number of ether oxygens (including phenoxy) is 1. The number of thiophene rings is 1. The molecule has 2 rings (SSSR count). The molecule has 2 heterocycles. The molecule has 2 nitrogen and oxygen atoms in total. The van der Waals surface area contributed by atoms with Crippen LogP contribution < -0.4 is 0 Å². The van der Waals surface area contributed by atoms with Gasteiger partial charge in [0.25, 0.3) is 0 Å². The highest BCUT2D eigenvalue weighted by Crippen LogP contribution is 2.26. The molecule has 1 N–H and O–H groups in total. The first kappa shape index (κ1) is 12.6. The highest BCUT2D eigenvalue weighted by atomic mass is 79.9. The van der Waals surface area contributed by atoms with Gasteiger partial charge in [-0.15, -0.1) is 11.3 Å². The van der Waals surface area contributed by atoms with E-state index in [0.717, 1.165) is 30.3 Å². The Labute approximate surface area is 109 Å². The van der Waals surface area contributed by atoms with Gasteiger partial charge in [0.1, 0.15) is 0 Å². The van der Waals surface area contributed by atoms with Crippen molar-refractivity contribution in [3.05, 3.63) is 20.8 Å². The second kappa shape index (κ2) is 6.15. The quantitative estimate of drug-likeness (QED) is 0.924. The van der Waals surface area contributed by atoms with E-state index in [0.29, 0.717) is 0 Å². The molecule has 1 aromatic rings. The zero-order valence-electron chi connectivity index (χ0n) is 9.19. The van der Waals surface area contributed by atoms with Gasteiger partial charge in [-0.05, 0) is 53.1 Å². The van der Waals surface area contributed by atoms with E-state index in [4.69, 9.17) is 4.74 Å². The summed E-state index contributed by atoms with van der Waals surface area (Å²) in [5.41, 5.74) is 0. The van der Waals surface area contributed by atoms with Crippen molar-refractivity contribution in [2.75, 3.05) is 6.61 Å². The maximum Gasteiger partial charge on any atom is 0.0613 e. The third-order valence-corrected chi connectivity index (χ3v) is 4.87. The lowest BCUT2D eigenvalue weighted by molar-refractivity contribution is -0.0146. The molecule has 2 atom stereocenters. The van der Waals surface area contributed by atoms with E-state index >= 15 is 0 Å². The average Bonchev–Trinajstić information content (AvgIpc) is 2.66. The number of hydrogen-bond acceptors (Lipinski definition) is 3. The molecule has 1 aliphatic heterocycles. The second-order valence-electron chi connectivity index (χ2n) is 4.27. The standard InChI is InChI=1S/C12H17BrO2S/c13-11-4-6-16-12(11)8-9(14)7-10-3-1-2-5-15-10/h4,6,9-10,14H,1-3,5,7-8H2. The lowest BCUT2D eigenvalue weighted by Gasteiger charge is -2.24. The molecule has 1 saturated heterocycles. The van der Waals surface area contributed by atoms with E-state index < -0.39 is 0 Å². The highest BCUT2D eigenvalue weighted by molar-refractivity contribution is 9.10. The van der Waals surface area contributed by atoms with Gasteiger partial charge < -0.3 is 9.84 Å². The van der Waals surface area contributed by atoms with Crippen LogP contribution in [0.15, 0.2) is 15.9 Å². The summed E-state index contributed by atoms with van der Waals surface area (Å²) in [6.07, 6.45) is 4.99. The molecule has 0 aromatic carbocycles. The Morgan fingerprint density at radius 2 is 2.44 bits per heavy atom. The topological polar surface area (TPSA) is 29.5 Å². The maximum atomic E-state index is 10.0. The van der Waals surface area contributed by atoms with Crippen LogP contribution in [0.4, 0.5) is 0 Å². The molecule has 0 amide bonds.